The quantitative estimate of drug-likeness (QED) is 0.907. The summed E-state index contributed by atoms with van der Waals surface area (Å²) in [5.41, 5.74) is 4.39. The summed E-state index contributed by atoms with van der Waals surface area (Å²) in [5.74, 6) is 0.410. The fourth-order valence-electron chi connectivity index (χ4n) is 2.38. The Kier molecular flexibility index (Phi) is 4.75. The zero-order valence-corrected chi connectivity index (χ0v) is 13.7. The van der Waals surface area contributed by atoms with E-state index in [2.05, 4.69) is 20.8 Å². The van der Waals surface area contributed by atoms with E-state index in [0.717, 1.165) is 16.8 Å². The Morgan fingerprint density at radius 3 is 2.18 bits per heavy atom. The Morgan fingerprint density at radius 2 is 1.68 bits per heavy atom. The molecular formula is C17H22N4O. The molecule has 2 aromatic rings. The molecule has 0 saturated carbocycles. The molecule has 0 unspecified atom stereocenters. The van der Waals surface area contributed by atoms with E-state index in [1.165, 1.54) is 5.56 Å². The standard InChI is InChI=1S/C17H22N4O/c1-10(2)18-15-7-6-14(20-21-15)17(22)19-16-12(4)8-11(3)9-13(16)5/h6-10H,1-5H3,(H,18,21)(H,19,22). The Hall–Kier alpha value is -2.43. The molecule has 0 aliphatic heterocycles. The molecule has 1 aromatic heterocycles. The predicted octanol–water partition coefficient (Wildman–Crippen LogP) is 3.47. The van der Waals surface area contributed by atoms with E-state index in [9.17, 15) is 4.79 Å². The first-order valence-electron chi connectivity index (χ1n) is 7.36. The van der Waals surface area contributed by atoms with Crippen LogP contribution in [-0.2, 0) is 0 Å². The van der Waals surface area contributed by atoms with Crippen LogP contribution in [0.2, 0.25) is 0 Å². The highest BCUT2D eigenvalue weighted by Crippen LogP contribution is 2.22. The van der Waals surface area contributed by atoms with Gasteiger partial charge in [0.15, 0.2) is 5.69 Å². The van der Waals surface area contributed by atoms with Gasteiger partial charge in [0.2, 0.25) is 0 Å². The van der Waals surface area contributed by atoms with Crippen LogP contribution in [0.15, 0.2) is 24.3 Å². The molecular weight excluding hydrogens is 276 g/mol. The number of amides is 1. The maximum Gasteiger partial charge on any atom is 0.276 e. The van der Waals surface area contributed by atoms with Gasteiger partial charge in [0.1, 0.15) is 5.82 Å². The van der Waals surface area contributed by atoms with E-state index >= 15 is 0 Å². The van der Waals surface area contributed by atoms with Crippen molar-refractivity contribution in [1.29, 1.82) is 0 Å². The van der Waals surface area contributed by atoms with E-state index in [1.807, 2.05) is 46.8 Å². The van der Waals surface area contributed by atoms with E-state index < -0.39 is 0 Å². The fourth-order valence-corrected chi connectivity index (χ4v) is 2.38. The minimum absolute atomic E-state index is 0.251. The van der Waals surface area contributed by atoms with Crippen LogP contribution >= 0.6 is 0 Å². The van der Waals surface area contributed by atoms with Crippen LogP contribution in [0.1, 0.15) is 41.0 Å². The van der Waals surface area contributed by atoms with Crippen molar-refractivity contribution in [1.82, 2.24) is 10.2 Å². The van der Waals surface area contributed by atoms with Crippen molar-refractivity contribution in [3.63, 3.8) is 0 Å². The number of aromatic nitrogens is 2. The lowest BCUT2D eigenvalue weighted by Crippen LogP contribution is -2.17. The predicted molar refractivity (Wildman–Crippen MR) is 89.4 cm³/mol. The first kappa shape index (κ1) is 15.9. The summed E-state index contributed by atoms with van der Waals surface area (Å²) in [7, 11) is 0. The summed E-state index contributed by atoms with van der Waals surface area (Å²) in [6.45, 7) is 10.0. The molecule has 0 fully saturated rings. The van der Waals surface area contributed by atoms with Crippen molar-refractivity contribution in [3.8, 4) is 0 Å². The molecule has 2 rings (SSSR count). The van der Waals surface area contributed by atoms with Gasteiger partial charge in [-0.1, -0.05) is 17.7 Å². The Morgan fingerprint density at radius 1 is 1.05 bits per heavy atom. The topological polar surface area (TPSA) is 66.9 Å². The Labute approximate surface area is 131 Å². The Bertz CT molecular complexity index is 655. The molecule has 22 heavy (non-hydrogen) atoms. The molecule has 1 heterocycles. The lowest BCUT2D eigenvalue weighted by atomic mass is 10.1. The van der Waals surface area contributed by atoms with Crippen molar-refractivity contribution in [2.45, 2.75) is 40.7 Å². The second-order valence-corrected chi connectivity index (χ2v) is 5.83. The average molecular weight is 298 g/mol. The minimum Gasteiger partial charge on any atom is -0.366 e. The summed E-state index contributed by atoms with van der Waals surface area (Å²) in [4.78, 5) is 12.3. The highest BCUT2D eigenvalue weighted by Gasteiger charge is 2.12. The van der Waals surface area contributed by atoms with Crippen molar-refractivity contribution in [3.05, 3.63) is 46.6 Å². The van der Waals surface area contributed by atoms with E-state index in [-0.39, 0.29) is 11.9 Å². The highest BCUT2D eigenvalue weighted by molar-refractivity contribution is 6.03. The third kappa shape index (κ3) is 3.81. The average Bonchev–Trinajstić information content (AvgIpc) is 2.42. The fraction of sp³-hybridized carbons (Fsp3) is 0.353. The smallest absolute Gasteiger partial charge is 0.276 e. The van der Waals surface area contributed by atoms with Crippen LogP contribution in [0.4, 0.5) is 11.5 Å². The van der Waals surface area contributed by atoms with Gasteiger partial charge < -0.3 is 10.6 Å². The first-order chi connectivity index (χ1) is 10.4. The highest BCUT2D eigenvalue weighted by atomic mass is 16.1. The van der Waals surface area contributed by atoms with Crippen molar-refractivity contribution < 1.29 is 4.79 Å². The molecule has 116 valence electrons. The van der Waals surface area contributed by atoms with Crippen LogP contribution < -0.4 is 10.6 Å². The molecule has 0 spiro atoms. The molecule has 0 radical (unpaired) electrons. The van der Waals surface area contributed by atoms with Crippen molar-refractivity contribution >= 4 is 17.4 Å². The third-order valence-corrected chi connectivity index (χ3v) is 3.25. The second-order valence-electron chi connectivity index (χ2n) is 5.83. The lowest BCUT2D eigenvalue weighted by Gasteiger charge is -2.13. The van der Waals surface area contributed by atoms with E-state index in [1.54, 1.807) is 12.1 Å². The van der Waals surface area contributed by atoms with Gasteiger partial charge in [-0.2, -0.15) is 0 Å². The molecule has 0 atom stereocenters. The summed E-state index contributed by atoms with van der Waals surface area (Å²) in [5, 5.41) is 14.1. The summed E-state index contributed by atoms with van der Waals surface area (Å²) in [6.07, 6.45) is 0. The largest absolute Gasteiger partial charge is 0.366 e. The zero-order chi connectivity index (χ0) is 16.3. The van der Waals surface area contributed by atoms with Crippen LogP contribution in [0.25, 0.3) is 0 Å². The SMILES string of the molecule is Cc1cc(C)c(NC(=O)c2ccc(NC(C)C)nn2)c(C)c1. The lowest BCUT2D eigenvalue weighted by molar-refractivity contribution is 0.102. The van der Waals surface area contributed by atoms with Crippen LogP contribution in [-0.4, -0.2) is 22.1 Å². The molecule has 0 bridgehead atoms. The molecule has 0 saturated heterocycles. The zero-order valence-electron chi connectivity index (χ0n) is 13.7. The summed E-state index contributed by atoms with van der Waals surface area (Å²) >= 11 is 0. The number of carbonyl (C=O) groups is 1. The second kappa shape index (κ2) is 6.56. The molecule has 1 aromatic carbocycles. The monoisotopic (exact) mass is 298 g/mol. The molecule has 0 aliphatic rings. The molecule has 2 N–H and O–H groups in total. The van der Waals surface area contributed by atoms with Gasteiger partial charge >= 0.3 is 0 Å². The number of hydrogen-bond donors (Lipinski definition) is 2. The Balaban J connectivity index is 2.16. The van der Waals surface area contributed by atoms with Gasteiger partial charge in [0, 0.05) is 11.7 Å². The van der Waals surface area contributed by atoms with Gasteiger partial charge in [-0.25, -0.2) is 0 Å². The molecule has 5 heteroatoms. The van der Waals surface area contributed by atoms with Gasteiger partial charge in [-0.05, 0) is 57.9 Å². The van der Waals surface area contributed by atoms with Gasteiger partial charge in [-0.3, -0.25) is 4.79 Å². The summed E-state index contributed by atoms with van der Waals surface area (Å²) in [6, 6.07) is 7.79. The summed E-state index contributed by atoms with van der Waals surface area (Å²) < 4.78 is 0. The third-order valence-electron chi connectivity index (χ3n) is 3.25. The molecule has 5 nitrogen and oxygen atoms in total. The molecule has 0 aliphatic carbocycles. The van der Waals surface area contributed by atoms with Gasteiger partial charge in [0.25, 0.3) is 5.91 Å². The number of benzene rings is 1. The minimum atomic E-state index is -0.251. The number of anilines is 2. The number of nitrogens with zero attached hydrogens (tertiary/aromatic N) is 2. The van der Waals surface area contributed by atoms with Gasteiger partial charge in [-0.15, -0.1) is 10.2 Å². The molecule has 1 amide bonds. The maximum absolute atomic E-state index is 12.3. The first-order valence-corrected chi connectivity index (χ1v) is 7.36. The van der Waals surface area contributed by atoms with E-state index in [4.69, 9.17) is 0 Å². The van der Waals surface area contributed by atoms with Crippen LogP contribution in [0.5, 0.6) is 0 Å². The number of aryl methyl sites for hydroxylation is 3. The van der Waals surface area contributed by atoms with E-state index in [0.29, 0.717) is 11.5 Å². The van der Waals surface area contributed by atoms with Crippen molar-refractivity contribution in [2.24, 2.45) is 0 Å². The van der Waals surface area contributed by atoms with Gasteiger partial charge in [0.05, 0.1) is 0 Å². The number of carbonyl (C=O) groups excluding carboxylic acids is 1. The van der Waals surface area contributed by atoms with Crippen LogP contribution in [0, 0.1) is 20.8 Å². The number of hydrogen-bond acceptors (Lipinski definition) is 4. The maximum atomic E-state index is 12.3. The number of nitrogens with one attached hydrogen (secondary N) is 2. The number of rotatable bonds is 4. The normalized spacial score (nSPS) is 10.6. The van der Waals surface area contributed by atoms with Crippen LogP contribution in [0.3, 0.4) is 0 Å². The van der Waals surface area contributed by atoms with Crippen molar-refractivity contribution in [2.75, 3.05) is 10.6 Å².